The van der Waals surface area contributed by atoms with Gasteiger partial charge >= 0.3 is 6.03 Å². The van der Waals surface area contributed by atoms with Gasteiger partial charge < -0.3 is 11.1 Å². The lowest BCUT2D eigenvalue weighted by atomic mass is 10.4. The first-order chi connectivity index (χ1) is 5.16. The van der Waals surface area contributed by atoms with E-state index in [0.29, 0.717) is 6.54 Å². The van der Waals surface area contributed by atoms with Crippen LogP contribution < -0.4 is 16.4 Å². The Morgan fingerprint density at radius 3 is 2.55 bits per heavy atom. The lowest BCUT2D eigenvalue weighted by Crippen LogP contribution is -2.36. The maximum absolute atomic E-state index is 10.7. The van der Waals surface area contributed by atoms with Crippen molar-refractivity contribution in [1.29, 1.82) is 0 Å². The molecule has 0 saturated carbocycles. The molecule has 64 valence electrons. The second-order valence-corrected chi connectivity index (χ2v) is 2.02. The van der Waals surface area contributed by atoms with Gasteiger partial charge in [-0.3, -0.25) is 10.1 Å². The van der Waals surface area contributed by atoms with E-state index in [1.54, 1.807) is 0 Å². The largest absolute Gasteiger partial charge is 0.351 e. The number of nitrogens with two attached hydrogens (primary N) is 1. The van der Waals surface area contributed by atoms with Crippen molar-refractivity contribution in [3.05, 3.63) is 0 Å². The Morgan fingerprint density at radius 1 is 1.45 bits per heavy atom. The maximum atomic E-state index is 10.7. The number of urea groups is 1. The summed E-state index contributed by atoms with van der Waals surface area (Å²) in [5.74, 6) is -0.349. The fourth-order valence-electron chi connectivity index (χ4n) is 0.579. The minimum Gasteiger partial charge on any atom is -0.351 e. The number of hydrogen-bond acceptors (Lipinski definition) is 3. The number of imide groups is 1. The molecule has 0 atom stereocenters. The molecule has 0 aromatic rings. The van der Waals surface area contributed by atoms with Crippen LogP contribution in [0.15, 0.2) is 0 Å². The van der Waals surface area contributed by atoms with Gasteiger partial charge in [-0.15, -0.1) is 0 Å². The second kappa shape index (κ2) is 5.67. The van der Waals surface area contributed by atoms with Gasteiger partial charge in [0, 0.05) is 13.0 Å². The van der Waals surface area contributed by atoms with Gasteiger partial charge in [0.15, 0.2) is 0 Å². The molecule has 11 heavy (non-hydrogen) atoms. The molecule has 0 saturated heterocycles. The summed E-state index contributed by atoms with van der Waals surface area (Å²) in [5, 5.41) is 4.90. The third-order valence-electron chi connectivity index (χ3n) is 1.04. The van der Waals surface area contributed by atoms with Gasteiger partial charge in [0.2, 0.25) is 5.91 Å². The average molecular weight is 159 g/mol. The highest BCUT2D eigenvalue weighted by molar-refractivity contribution is 5.93. The molecule has 0 bridgehead atoms. The van der Waals surface area contributed by atoms with E-state index in [9.17, 15) is 9.59 Å². The number of carbonyl (C=O) groups is 2. The zero-order chi connectivity index (χ0) is 8.69. The maximum Gasteiger partial charge on any atom is 0.318 e. The Labute approximate surface area is 65.3 Å². The van der Waals surface area contributed by atoms with Crippen molar-refractivity contribution < 1.29 is 9.59 Å². The van der Waals surface area contributed by atoms with Crippen LogP contribution in [0.4, 0.5) is 4.79 Å². The van der Waals surface area contributed by atoms with Crippen LogP contribution in [0, 0.1) is 0 Å². The van der Waals surface area contributed by atoms with Gasteiger partial charge in [0.05, 0.1) is 0 Å². The number of amides is 3. The van der Waals surface area contributed by atoms with Crippen LogP contribution in [0.5, 0.6) is 0 Å². The normalized spacial score (nSPS) is 9.18. The van der Waals surface area contributed by atoms with E-state index < -0.39 is 6.03 Å². The minimum absolute atomic E-state index is 0.275. The molecule has 3 amide bonds. The smallest absolute Gasteiger partial charge is 0.318 e. The quantitative estimate of drug-likeness (QED) is 0.468. The summed E-state index contributed by atoms with van der Waals surface area (Å²) in [4.78, 5) is 20.8. The molecule has 0 aromatic heterocycles. The molecule has 5 heteroatoms. The number of carbonyl (C=O) groups excluding carboxylic acids is 2. The zero-order valence-electron chi connectivity index (χ0n) is 6.52. The summed E-state index contributed by atoms with van der Waals surface area (Å²) in [7, 11) is 0. The Morgan fingerprint density at radius 2 is 2.09 bits per heavy atom. The predicted molar refractivity (Wildman–Crippen MR) is 40.9 cm³/mol. The van der Waals surface area contributed by atoms with Crippen LogP contribution in [0.2, 0.25) is 0 Å². The monoisotopic (exact) mass is 159 g/mol. The van der Waals surface area contributed by atoms with Crippen molar-refractivity contribution in [2.24, 2.45) is 5.73 Å². The Kier molecular flexibility index (Phi) is 5.10. The fraction of sp³-hybridized carbons (Fsp3) is 0.667. The van der Waals surface area contributed by atoms with Crippen LogP contribution in [-0.2, 0) is 4.79 Å². The van der Waals surface area contributed by atoms with Crippen LogP contribution in [0.25, 0.3) is 0 Å². The van der Waals surface area contributed by atoms with Crippen molar-refractivity contribution in [3.63, 3.8) is 0 Å². The van der Waals surface area contributed by atoms with E-state index in [1.807, 2.05) is 12.2 Å². The zero-order valence-corrected chi connectivity index (χ0v) is 6.52. The van der Waals surface area contributed by atoms with Crippen LogP contribution >= 0.6 is 0 Å². The Bertz CT molecular complexity index is 147. The van der Waals surface area contributed by atoms with Crippen LogP contribution in [0.3, 0.4) is 0 Å². The van der Waals surface area contributed by atoms with E-state index >= 15 is 0 Å². The summed E-state index contributed by atoms with van der Waals surface area (Å²) >= 11 is 0. The molecule has 0 heterocycles. The fourth-order valence-corrected chi connectivity index (χ4v) is 0.579. The van der Waals surface area contributed by atoms with Crippen LogP contribution in [0.1, 0.15) is 13.3 Å². The highest BCUT2D eigenvalue weighted by Gasteiger charge is 2.01. The van der Waals surface area contributed by atoms with Gasteiger partial charge in [0.1, 0.15) is 0 Å². The van der Waals surface area contributed by atoms with E-state index in [0.717, 1.165) is 6.54 Å². The number of rotatable bonds is 4. The summed E-state index contributed by atoms with van der Waals surface area (Å²) in [6.45, 7) is 3.31. The van der Waals surface area contributed by atoms with Gasteiger partial charge in [-0.1, -0.05) is 6.92 Å². The van der Waals surface area contributed by atoms with Crippen molar-refractivity contribution in [3.8, 4) is 0 Å². The van der Waals surface area contributed by atoms with Gasteiger partial charge in [-0.25, -0.2) is 4.79 Å². The van der Waals surface area contributed by atoms with Crippen molar-refractivity contribution in [2.45, 2.75) is 13.3 Å². The summed E-state index contributed by atoms with van der Waals surface area (Å²) in [6, 6.07) is -0.800. The average Bonchev–Trinajstić information content (AvgIpc) is 1.86. The van der Waals surface area contributed by atoms with Crippen molar-refractivity contribution >= 4 is 11.9 Å². The van der Waals surface area contributed by atoms with Crippen molar-refractivity contribution in [2.75, 3.05) is 13.1 Å². The molecule has 4 N–H and O–H groups in total. The first-order valence-corrected chi connectivity index (χ1v) is 3.46. The standard InChI is InChI=1S/C6H13N3O2/c1-2-8-4-3-5(10)9-6(7)11/h8H,2-4H2,1H3,(H3,7,9,10,11). The van der Waals surface area contributed by atoms with Gasteiger partial charge in [0.25, 0.3) is 0 Å². The number of hydrogen-bond donors (Lipinski definition) is 3. The van der Waals surface area contributed by atoms with E-state index in [4.69, 9.17) is 5.73 Å². The molecule has 5 nitrogen and oxygen atoms in total. The highest BCUT2D eigenvalue weighted by Crippen LogP contribution is 1.75. The molecule has 0 aliphatic rings. The van der Waals surface area contributed by atoms with Crippen molar-refractivity contribution in [1.82, 2.24) is 10.6 Å². The summed E-state index contributed by atoms with van der Waals surface area (Å²) < 4.78 is 0. The highest BCUT2D eigenvalue weighted by atomic mass is 16.2. The summed E-state index contributed by atoms with van der Waals surface area (Å²) in [6.07, 6.45) is 0.275. The molecule has 0 rings (SSSR count). The lowest BCUT2D eigenvalue weighted by molar-refractivity contribution is -0.119. The van der Waals surface area contributed by atoms with E-state index in [1.165, 1.54) is 0 Å². The molecule has 0 spiro atoms. The minimum atomic E-state index is -0.800. The Balaban J connectivity index is 3.30. The molecular weight excluding hydrogens is 146 g/mol. The predicted octanol–water partition coefficient (Wildman–Crippen LogP) is -0.819. The van der Waals surface area contributed by atoms with Crippen LogP contribution in [-0.4, -0.2) is 25.0 Å². The van der Waals surface area contributed by atoms with Gasteiger partial charge in [-0.05, 0) is 6.54 Å². The molecule has 0 radical (unpaired) electrons. The molecule has 0 fully saturated rings. The third kappa shape index (κ3) is 6.79. The van der Waals surface area contributed by atoms with E-state index in [-0.39, 0.29) is 12.3 Å². The lowest BCUT2D eigenvalue weighted by Gasteiger charge is -2.00. The number of nitrogens with one attached hydrogen (secondary N) is 2. The first-order valence-electron chi connectivity index (χ1n) is 3.46. The third-order valence-corrected chi connectivity index (χ3v) is 1.04. The SMILES string of the molecule is CCNCCC(=O)NC(N)=O. The summed E-state index contributed by atoms with van der Waals surface area (Å²) in [5.41, 5.74) is 4.71. The topological polar surface area (TPSA) is 84.2 Å². The molecular formula is C6H13N3O2. The molecule has 0 unspecified atom stereocenters. The first kappa shape index (κ1) is 9.90. The molecule has 0 aliphatic heterocycles. The van der Waals surface area contributed by atoms with E-state index in [2.05, 4.69) is 5.32 Å². The molecule has 0 aliphatic carbocycles. The molecule has 0 aromatic carbocycles. The Hall–Kier alpha value is -1.10. The number of primary amides is 1. The second-order valence-electron chi connectivity index (χ2n) is 2.02. The van der Waals surface area contributed by atoms with Gasteiger partial charge in [-0.2, -0.15) is 0 Å².